The quantitative estimate of drug-likeness (QED) is 0.284. The van der Waals surface area contributed by atoms with Gasteiger partial charge in [0, 0.05) is 25.7 Å². The van der Waals surface area contributed by atoms with Crippen LogP contribution in [-0.2, 0) is 0 Å². The zero-order valence-corrected chi connectivity index (χ0v) is 14.8. The molecule has 0 N–H and O–H groups in total. The van der Waals surface area contributed by atoms with E-state index < -0.39 is 0 Å². The number of rotatable bonds is 0. The fraction of sp³-hybridized carbons (Fsp3) is 0.0769. The molecule has 0 aliphatic heterocycles. The minimum atomic E-state index is 1.21. The first-order chi connectivity index (χ1) is 8.63. The summed E-state index contributed by atoms with van der Waals surface area (Å²) in [6.07, 6.45) is 0. The lowest BCUT2D eigenvalue weighted by atomic mass is 10.1. The Morgan fingerprint density at radius 3 is 2.00 bits per heavy atom. The Hall–Kier alpha value is 0.0600. The highest BCUT2D eigenvalue weighted by Crippen LogP contribution is 2.47. The molecule has 3 heterocycles. The van der Waals surface area contributed by atoms with E-state index in [1.54, 1.807) is 0 Å². The number of thiophene rings is 3. The van der Waals surface area contributed by atoms with Crippen LogP contribution in [0, 0.1) is 6.92 Å². The third-order valence-electron chi connectivity index (χ3n) is 3.00. The predicted molar refractivity (Wildman–Crippen MR) is 92.7 cm³/mol. The zero-order chi connectivity index (χ0) is 12.4. The Labute approximate surface area is 132 Å². The second-order valence-electron chi connectivity index (χ2n) is 4.19. The molecular formula is C13H6Br2S3. The lowest BCUT2D eigenvalue weighted by molar-refractivity contribution is 1.66. The fourth-order valence-electron chi connectivity index (χ4n) is 2.34. The van der Waals surface area contributed by atoms with Crippen LogP contribution in [0.3, 0.4) is 0 Å². The Morgan fingerprint density at radius 1 is 0.722 bits per heavy atom. The van der Waals surface area contributed by atoms with Crippen molar-refractivity contribution in [1.29, 1.82) is 0 Å². The molecule has 0 aliphatic rings. The average molecular weight is 418 g/mol. The molecule has 90 valence electrons. The molecule has 0 bridgehead atoms. The van der Waals surface area contributed by atoms with Crippen molar-refractivity contribution >= 4 is 96.1 Å². The summed E-state index contributed by atoms with van der Waals surface area (Å²) in [5, 5.41) is 4.17. The summed E-state index contributed by atoms with van der Waals surface area (Å²) < 4.78 is 6.64. The second-order valence-corrected chi connectivity index (χ2v) is 10.3. The highest BCUT2D eigenvalue weighted by Gasteiger charge is 2.15. The smallest absolute Gasteiger partial charge is 0.0712 e. The predicted octanol–water partition coefficient (Wildman–Crippen LogP) is 7.16. The van der Waals surface area contributed by atoms with E-state index >= 15 is 0 Å². The van der Waals surface area contributed by atoms with Gasteiger partial charge in [0.2, 0.25) is 0 Å². The van der Waals surface area contributed by atoms with Crippen LogP contribution >= 0.6 is 65.9 Å². The summed E-state index contributed by atoms with van der Waals surface area (Å²) >= 11 is 12.8. The molecule has 5 heteroatoms. The molecule has 4 aromatic rings. The molecule has 0 fully saturated rings. The van der Waals surface area contributed by atoms with Gasteiger partial charge in [-0.05, 0) is 57.0 Å². The first-order valence-electron chi connectivity index (χ1n) is 5.33. The van der Waals surface area contributed by atoms with Crippen molar-refractivity contribution < 1.29 is 0 Å². The van der Waals surface area contributed by atoms with E-state index in [0.717, 1.165) is 0 Å². The molecule has 0 amide bonds. The third-order valence-corrected chi connectivity index (χ3v) is 7.52. The number of hydrogen-bond acceptors (Lipinski definition) is 3. The topological polar surface area (TPSA) is 0 Å². The molecule has 1 aromatic carbocycles. The average Bonchev–Trinajstić information content (AvgIpc) is 2.93. The van der Waals surface area contributed by atoms with Crippen molar-refractivity contribution in [2.24, 2.45) is 0 Å². The lowest BCUT2D eigenvalue weighted by Gasteiger charge is -1.96. The largest absolute Gasteiger partial charge is 0.140 e. The van der Waals surface area contributed by atoms with Gasteiger partial charge in [-0.1, -0.05) is 0 Å². The van der Waals surface area contributed by atoms with E-state index in [9.17, 15) is 0 Å². The maximum atomic E-state index is 3.63. The third kappa shape index (κ3) is 1.58. The highest BCUT2D eigenvalue weighted by atomic mass is 79.9. The second kappa shape index (κ2) is 4.03. The Morgan fingerprint density at radius 2 is 1.28 bits per heavy atom. The van der Waals surface area contributed by atoms with Gasteiger partial charge in [-0.3, -0.25) is 0 Å². The van der Waals surface area contributed by atoms with Crippen LogP contribution in [0.5, 0.6) is 0 Å². The lowest BCUT2D eigenvalue weighted by Crippen LogP contribution is -1.67. The summed E-state index contributed by atoms with van der Waals surface area (Å²) in [6, 6.07) is 6.82. The number of benzene rings is 1. The number of hydrogen-bond donors (Lipinski definition) is 0. The molecule has 0 radical (unpaired) electrons. The zero-order valence-electron chi connectivity index (χ0n) is 9.21. The summed E-state index contributed by atoms with van der Waals surface area (Å²) in [7, 11) is 0. The Kier molecular flexibility index (Phi) is 2.65. The molecular weight excluding hydrogens is 412 g/mol. The SMILES string of the molecule is Cc1cc2c3cc(Br)sc3c3sc(Br)cc3c2s1. The van der Waals surface area contributed by atoms with Crippen LogP contribution < -0.4 is 0 Å². The molecule has 0 spiro atoms. The molecule has 0 unspecified atom stereocenters. The number of fused-ring (bicyclic) bond motifs is 6. The maximum absolute atomic E-state index is 3.63. The van der Waals surface area contributed by atoms with E-state index in [-0.39, 0.29) is 0 Å². The molecule has 0 atom stereocenters. The van der Waals surface area contributed by atoms with Crippen molar-refractivity contribution in [2.75, 3.05) is 0 Å². The molecule has 3 aromatic heterocycles. The maximum Gasteiger partial charge on any atom is 0.0712 e. The van der Waals surface area contributed by atoms with E-state index in [2.05, 4.69) is 57.0 Å². The molecule has 4 rings (SSSR count). The number of halogens is 2. The minimum Gasteiger partial charge on any atom is -0.140 e. The molecule has 0 saturated heterocycles. The van der Waals surface area contributed by atoms with Crippen LogP contribution in [0.4, 0.5) is 0 Å². The monoisotopic (exact) mass is 416 g/mol. The van der Waals surface area contributed by atoms with Crippen LogP contribution in [0.15, 0.2) is 25.8 Å². The van der Waals surface area contributed by atoms with Crippen LogP contribution in [0.1, 0.15) is 4.88 Å². The van der Waals surface area contributed by atoms with Gasteiger partial charge < -0.3 is 0 Å². The number of aryl methyl sites for hydroxylation is 1. The first kappa shape index (κ1) is 11.9. The highest BCUT2D eigenvalue weighted by molar-refractivity contribution is 9.11. The van der Waals surface area contributed by atoms with Gasteiger partial charge in [0.25, 0.3) is 0 Å². The van der Waals surface area contributed by atoms with Gasteiger partial charge in [-0.15, -0.1) is 34.0 Å². The molecule has 0 aliphatic carbocycles. The molecule has 18 heavy (non-hydrogen) atoms. The first-order valence-corrected chi connectivity index (χ1v) is 9.37. The van der Waals surface area contributed by atoms with Crippen LogP contribution in [0.25, 0.3) is 30.3 Å². The summed E-state index contributed by atoms with van der Waals surface area (Å²) in [5.41, 5.74) is 0. The summed E-state index contributed by atoms with van der Waals surface area (Å²) in [4.78, 5) is 1.38. The Balaban J connectivity index is 2.43. The van der Waals surface area contributed by atoms with Crippen molar-refractivity contribution in [3.8, 4) is 0 Å². The van der Waals surface area contributed by atoms with Gasteiger partial charge >= 0.3 is 0 Å². The van der Waals surface area contributed by atoms with Gasteiger partial charge in [0.15, 0.2) is 0 Å². The normalized spacial score (nSPS) is 12.2. The van der Waals surface area contributed by atoms with Crippen LogP contribution in [0.2, 0.25) is 0 Å². The van der Waals surface area contributed by atoms with Crippen molar-refractivity contribution in [1.82, 2.24) is 0 Å². The minimum absolute atomic E-state index is 1.21. The fourth-order valence-corrected chi connectivity index (χ4v) is 6.83. The summed E-state index contributed by atoms with van der Waals surface area (Å²) in [6.45, 7) is 2.19. The van der Waals surface area contributed by atoms with Gasteiger partial charge in [-0.25, -0.2) is 0 Å². The van der Waals surface area contributed by atoms with E-state index in [0.29, 0.717) is 0 Å². The van der Waals surface area contributed by atoms with E-state index in [1.807, 2.05) is 34.0 Å². The van der Waals surface area contributed by atoms with Crippen molar-refractivity contribution in [3.05, 3.63) is 30.6 Å². The van der Waals surface area contributed by atoms with Gasteiger partial charge in [0.1, 0.15) is 0 Å². The van der Waals surface area contributed by atoms with Gasteiger partial charge in [0.05, 0.1) is 17.0 Å². The van der Waals surface area contributed by atoms with E-state index in [1.165, 1.54) is 42.7 Å². The summed E-state index contributed by atoms with van der Waals surface area (Å²) in [5.74, 6) is 0. The van der Waals surface area contributed by atoms with Crippen LogP contribution in [-0.4, -0.2) is 0 Å². The molecule has 0 nitrogen and oxygen atoms in total. The van der Waals surface area contributed by atoms with Crippen molar-refractivity contribution in [2.45, 2.75) is 6.92 Å². The van der Waals surface area contributed by atoms with Crippen molar-refractivity contribution in [3.63, 3.8) is 0 Å². The van der Waals surface area contributed by atoms with E-state index in [4.69, 9.17) is 0 Å². The Bertz CT molecular complexity index is 693. The van der Waals surface area contributed by atoms with Gasteiger partial charge in [-0.2, -0.15) is 0 Å². The molecule has 0 saturated carbocycles. The standard InChI is InChI=1S/C13H6Br2S3/c1-5-2-6-7-3-9(14)17-12(7)13-8(11(6)16-5)4-10(15)18-13/h2-4H,1H3.